The fourth-order valence-electron chi connectivity index (χ4n) is 3.48. The molecule has 0 spiro atoms. The third-order valence-corrected chi connectivity index (χ3v) is 5.21. The van der Waals surface area contributed by atoms with Crippen LogP contribution in [-0.4, -0.2) is 49.0 Å². The van der Waals surface area contributed by atoms with E-state index in [1.165, 1.54) is 4.90 Å². The molecule has 8 nitrogen and oxygen atoms in total. The number of nitrogens with zero attached hydrogens (tertiary/aromatic N) is 1. The van der Waals surface area contributed by atoms with Gasteiger partial charge >= 0.3 is 6.03 Å². The van der Waals surface area contributed by atoms with Crippen LogP contribution >= 0.6 is 11.6 Å². The number of carbonyl (C=O) groups excluding carboxylic acids is 3. The number of methoxy groups -OCH3 is 1. The Morgan fingerprint density at radius 1 is 1.17 bits per heavy atom. The number of benzene rings is 2. The maximum atomic E-state index is 12.6. The van der Waals surface area contributed by atoms with Crippen LogP contribution in [0, 0.1) is 0 Å². The number of carbonyl (C=O) groups is 3. The summed E-state index contributed by atoms with van der Waals surface area (Å²) >= 11 is 5.87. The van der Waals surface area contributed by atoms with Gasteiger partial charge in [-0.25, -0.2) is 4.79 Å². The van der Waals surface area contributed by atoms with E-state index in [4.69, 9.17) is 22.1 Å². The lowest BCUT2D eigenvalue weighted by Crippen LogP contribution is -2.56. The van der Waals surface area contributed by atoms with E-state index in [0.29, 0.717) is 16.5 Å². The molecular formula is C21H23ClN4O4. The van der Waals surface area contributed by atoms with Gasteiger partial charge in [0.2, 0.25) is 11.8 Å². The first-order chi connectivity index (χ1) is 14.4. The summed E-state index contributed by atoms with van der Waals surface area (Å²) < 4.78 is 5.19. The Hall–Kier alpha value is -3.26. The van der Waals surface area contributed by atoms with Crippen LogP contribution in [-0.2, 0) is 9.59 Å². The van der Waals surface area contributed by atoms with Crippen LogP contribution in [0.4, 0.5) is 10.5 Å². The summed E-state index contributed by atoms with van der Waals surface area (Å²) in [5, 5.41) is 6.24. The van der Waals surface area contributed by atoms with Gasteiger partial charge in [0.1, 0.15) is 5.75 Å². The molecule has 9 heteroatoms. The van der Waals surface area contributed by atoms with Crippen molar-refractivity contribution in [3.05, 3.63) is 59.1 Å². The summed E-state index contributed by atoms with van der Waals surface area (Å²) in [5.74, 6) is -0.355. The molecule has 1 unspecified atom stereocenters. The zero-order valence-electron chi connectivity index (χ0n) is 16.4. The molecule has 2 aromatic carbocycles. The number of likely N-dealkylation sites (tertiary alicyclic amines) is 1. The number of nitrogens with two attached hydrogens (primary N) is 1. The summed E-state index contributed by atoms with van der Waals surface area (Å²) in [7, 11) is 1.58. The number of primary amides is 1. The van der Waals surface area contributed by atoms with Crippen LogP contribution in [0.15, 0.2) is 48.5 Å². The highest BCUT2D eigenvalue weighted by atomic mass is 35.5. The number of rotatable bonds is 6. The average Bonchev–Trinajstić information content (AvgIpc) is 2.71. The van der Waals surface area contributed by atoms with Crippen molar-refractivity contribution in [1.82, 2.24) is 10.2 Å². The number of amides is 4. The lowest BCUT2D eigenvalue weighted by molar-refractivity contribution is -0.138. The third kappa shape index (κ3) is 5.42. The van der Waals surface area contributed by atoms with E-state index in [-0.39, 0.29) is 31.3 Å². The van der Waals surface area contributed by atoms with Gasteiger partial charge in [-0.05, 0) is 42.0 Å². The minimum atomic E-state index is -0.601. The molecule has 1 saturated heterocycles. The van der Waals surface area contributed by atoms with Gasteiger partial charge in [0, 0.05) is 29.6 Å². The Labute approximate surface area is 179 Å². The Morgan fingerprint density at radius 2 is 1.83 bits per heavy atom. The van der Waals surface area contributed by atoms with Crippen molar-refractivity contribution in [1.29, 1.82) is 0 Å². The summed E-state index contributed by atoms with van der Waals surface area (Å²) in [4.78, 5) is 37.8. The smallest absolute Gasteiger partial charge is 0.319 e. The molecule has 3 rings (SSSR count). The topological polar surface area (TPSA) is 114 Å². The van der Waals surface area contributed by atoms with Crippen molar-refractivity contribution < 1.29 is 19.1 Å². The largest absolute Gasteiger partial charge is 0.497 e. The number of nitrogens with one attached hydrogen (secondary N) is 2. The lowest BCUT2D eigenvalue weighted by Gasteiger charge is -2.38. The SMILES string of the molecule is COc1ccc(C2CC(=O)N(CC(N)=O)C[C@H]2NC(=O)Nc2ccc(Cl)cc2)cc1. The van der Waals surface area contributed by atoms with Crippen molar-refractivity contribution >= 4 is 35.1 Å². The highest BCUT2D eigenvalue weighted by Gasteiger charge is 2.36. The summed E-state index contributed by atoms with van der Waals surface area (Å²) in [6, 6.07) is 13.2. The molecular weight excluding hydrogens is 408 g/mol. The third-order valence-electron chi connectivity index (χ3n) is 4.96. The molecule has 1 fully saturated rings. The van der Waals surface area contributed by atoms with Crippen molar-refractivity contribution in [2.45, 2.75) is 18.4 Å². The number of halogens is 1. The van der Waals surface area contributed by atoms with Gasteiger partial charge < -0.3 is 26.0 Å². The van der Waals surface area contributed by atoms with Crippen molar-refractivity contribution in [3.63, 3.8) is 0 Å². The molecule has 30 heavy (non-hydrogen) atoms. The monoisotopic (exact) mass is 430 g/mol. The standard InChI is InChI=1S/C21H23ClN4O4/c1-30-16-8-2-13(3-9-16)17-10-20(28)26(12-19(23)27)11-18(17)25-21(29)24-15-6-4-14(22)5-7-15/h2-9,17-18H,10-12H2,1H3,(H2,23,27)(H2,24,25,29)/t17?,18-/m1/s1. The van der Waals surface area contributed by atoms with E-state index < -0.39 is 18.0 Å². The van der Waals surface area contributed by atoms with E-state index >= 15 is 0 Å². The molecule has 4 N–H and O–H groups in total. The van der Waals surface area contributed by atoms with E-state index in [2.05, 4.69) is 10.6 Å². The number of hydrogen-bond acceptors (Lipinski definition) is 4. The highest BCUT2D eigenvalue weighted by molar-refractivity contribution is 6.30. The fraction of sp³-hybridized carbons (Fsp3) is 0.286. The molecule has 2 atom stereocenters. The van der Waals surface area contributed by atoms with Crippen LogP contribution in [0.2, 0.25) is 5.02 Å². The summed E-state index contributed by atoms with van der Waals surface area (Å²) in [6.45, 7) is -0.0162. The molecule has 4 amide bonds. The predicted octanol–water partition coefficient (Wildman–Crippen LogP) is 2.34. The van der Waals surface area contributed by atoms with E-state index in [1.54, 1.807) is 43.5 Å². The van der Waals surface area contributed by atoms with Gasteiger partial charge in [0.25, 0.3) is 0 Å². The molecule has 158 valence electrons. The lowest BCUT2D eigenvalue weighted by atomic mass is 9.84. The zero-order chi connectivity index (χ0) is 21.7. The van der Waals surface area contributed by atoms with Gasteiger partial charge in [-0.3, -0.25) is 9.59 Å². The maximum Gasteiger partial charge on any atom is 0.319 e. The maximum absolute atomic E-state index is 12.6. The number of hydrogen-bond donors (Lipinski definition) is 3. The van der Waals surface area contributed by atoms with E-state index in [9.17, 15) is 14.4 Å². The van der Waals surface area contributed by atoms with Crippen molar-refractivity contribution in [2.24, 2.45) is 5.73 Å². The zero-order valence-corrected chi connectivity index (χ0v) is 17.2. The average molecular weight is 431 g/mol. The first-order valence-corrected chi connectivity index (χ1v) is 9.76. The molecule has 0 aromatic heterocycles. The fourth-order valence-corrected chi connectivity index (χ4v) is 3.61. The first kappa shape index (κ1) is 21.4. The van der Waals surface area contributed by atoms with Gasteiger partial charge in [0.05, 0.1) is 19.7 Å². The Balaban J connectivity index is 1.78. The number of ether oxygens (including phenoxy) is 1. The molecule has 0 radical (unpaired) electrons. The molecule has 1 heterocycles. The second kappa shape index (κ2) is 9.49. The quantitative estimate of drug-likeness (QED) is 0.652. The van der Waals surface area contributed by atoms with Gasteiger partial charge in [-0.1, -0.05) is 23.7 Å². The minimum Gasteiger partial charge on any atom is -0.497 e. The molecule has 0 bridgehead atoms. The first-order valence-electron chi connectivity index (χ1n) is 9.39. The van der Waals surface area contributed by atoms with Crippen molar-refractivity contribution in [2.75, 3.05) is 25.5 Å². The number of urea groups is 1. The van der Waals surface area contributed by atoms with Crippen LogP contribution in [0.1, 0.15) is 17.9 Å². The van der Waals surface area contributed by atoms with Gasteiger partial charge in [0.15, 0.2) is 0 Å². The Bertz CT molecular complexity index is 918. The number of anilines is 1. The van der Waals surface area contributed by atoms with Crippen LogP contribution < -0.4 is 21.1 Å². The van der Waals surface area contributed by atoms with Gasteiger partial charge in [-0.15, -0.1) is 0 Å². The van der Waals surface area contributed by atoms with E-state index in [0.717, 1.165) is 5.56 Å². The summed E-state index contributed by atoms with van der Waals surface area (Å²) in [6.07, 6.45) is 0.144. The molecule has 1 aliphatic heterocycles. The second-order valence-electron chi connectivity index (χ2n) is 7.04. The molecule has 2 aromatic rings. The van der Waals surface area contributed by atoms with Crippen LogP contribution in [0.3, 0.4) is 0 Å². The number of piperidine rings is 1. The minimum absolute atomic E-state index is 0.144. The van der Waals surface area contributed by atoms with Crippen LogP contribution in [0.5, 0.6) is 5.75 Å². The van der Waals surface area contributed by atoms with Gasteiger partial charge in [-0.2, -0.15) is 0 Å². The van der Waals surface area contributed by atoms with E-state index in [1.807, 2.05) is 12.1 Å². The second-order valence-corrected chi connectivity index (χ2v) is 7.47. The van der Waals surface area contributed by atoms with Crippen molar-refractivity contribution in [3.8, 4) is 5.75 Å². The van der Waals surface area contributed by atoms with Crippen LogP contribution in [0.25, 0.3) is 0 Å². The Kier molecular flexibility index (Phi) is 6.79. The highest BCUT2D eigenvalue weighted by Crippen LogP contribution is 2.30. The predicted molar refractivity (Wildman–Crippen MR) is 114 cm³/mol. The molecule has 1 aliphatic rings. The Morgan fingerprint density at radius 3 is 2.43 bits per heavy atom. The molecule has 0 saturated carbocycles. The normalized spacial score (nSPS) is 18.6. The molecule has 0 aliphatic carbocycles. The summed E-state index contributed by atoms with van der Waals surface area (Å²) in [5.41, 5.74) is 6.74.